The summed E-state index contributed by atoms with van der Waals surface area (Å²) in [4.78, 5) is 24.1. The Morgan fingerprint density at radius 3 is 2.00 bits per heavy atom. The van der Waals surface area contributed by atoms with Gasteiger partial charge in [-0.2, -0.15) is 0 Å². The molecule has 0 aromatic carbocycles. The van der Waals surface area contributed by atoms with Gasteiger partial charge >= 0.3 is 12.1 Å². The van der Waals surface area contributed by atoms with Gasteiger partial charge in [0.2, 0.25) is 0 Å². The average molecular weight is 302 g/mol. The Balaban J connectivity index is 3.05. The van der Waals surface area contributed by atoms with Crippen molar-refractivity contribution in [1.29, 1.82) is 0 Å². The largest absolute Gasteiger partial charge is 0.455 e. The maximum atomic E-state index is 12.1. The highest BCUT2D eigenvalue weighted by Gasteiger charge is 2.26. The molecule has 5 nitrogen and oxygen atoms in total. The van der Waals surface area contributed by atoms with E-state index in [1.807, 2.05) is 0 Å². The van der Waals surface area contributed by atoms with Crippen LogP contribution in [0, 0.1) is 0 Å². The molecule has 0 radical (unpaired) electrons. The maximum absolute atomic E-state index is 12.1. The zero-order valence-corrected chi connectivity index (χ0v) is 13.4. The quantitative estimate of drug-likeness (QED) is 0.739. The molecule has 0 unspecified atom stereocenters. The Morgan fingerprint density at radius 1 is 1.05 bits per heavy atom. The van der Waals surface area contributed by atoms with Crippen LogP contribution >= 0.6 is 11.6 Å². The van der Waals surface area contributed by atoms with Crippen LogP contribution in [0.3, 0.4) is 0 Å². The van der Waals surface area contributed by atoms with E-state index >= 15 is 0 Å². The van der Waals surface area contributed by atoms with Crippen molar-refractivity contribution in [1.82, 2.24) is 4.57 Å². The summed E-state index contributed by atoms with van der Waals surface area (Å²) in [5.74, 6) is -0.629. The summed E-state index contributed by atoms with van der Waals surface area (Å²) in [7, 11) is 0. The molecule has 1 rings (SSSR count). The summed E-state index contributed by atoms with van der Waals surface area (Å²) in [6.07, 6.45) is 0.653. The number of carbonyl (C=O) groups excluding carboxylic acids is 2. The van der Waals surface area contributed by atoms with Crippen molar-refractivity contribution in [2.75, 3.05) is 0 Å². The summed E-state index contributed by atoms with van der Waals surface area (Å²) >= 11 is 5.86. The van der Waals surface area contributed by atoms with E-state index in [9.17, 15) is 9.59 Å². The molecule has 0 spiro atoms. The standard InChI is InChI=1S/C14H20ClNO4/c1-13(2,3)19-11(17)10-7-9(15)8-16(10)12(18)20-14(4,5)6/h7-8H,1-6H3. The van der Waals surface area contributed by atoms with Gasteiger partial charge < -0.3 is 9.47 Å². The molecule has 0 N–H and O–H groups in total. The van der Waals surface area contributed by atoms with Gasteiger partial charge in [0, 0.05) is 6.20 Å². The zero-order chi connectivity index (χ0) is 15.7. The molecule has 0 aliphatic heterocycles. The highest BCUT2D eigenvalue weighted by Crippen LogP contribution is 2.20. The monoisotopic (exact) mass is 301 g/mol. The van der Waals surface area contributed by atoms with Crippen LogP contribution in [0.25, 0.3) is 0 Å². The minimum Gasteiger partial charge on any atom is -0.455 e. The molecule has 0 bridgehead atoms. The van der Waals surface area contributed by atoms with Gasteiger partial charge in [0.25, 0.3) is 0 Å². The molecule has 112 valence electrons. The van der Waals surface area contributed by atoms with Crippen LogP contribution < -0.4 is 0 Å². The van der Waals surface area contributed by atoms with E-state index < -0.39 is 23.3 Å². The van der Waals surface area contributed by atoms with Crippen LogP contribution in [0.1, 0.15) is 52.0 Å². The van der Waals surface area contributed by atoms with E-state index in [1.165, 1.54) is 12.3 Å². The lowest BCUT2D eigenvalue weighted by atomic mass is 10.2. The maximum Gasteiger partial charge on any atom is 0.419 e. The summed E-state index contributed by atoms with van der Waals surface area (Å²) in [5, 5.41) is 0.261. The van der Waals surface area contributed by atoms with Crippen molar-refractivity contribution in [2.24, 2.45) is 0 Å². The second-order valence-electron chi connectivity index (χ2n) is 6.40. The molecule has 0 saturated carbocycles. The van der Waals surface area contributed by atoms with Crippen LogP contribution in [-0.2, 0) is 9.47 Å². The third-order valence-corrected chi connectivity index (χ3v) is 2.19. The van der Waals surface area contributed by atoms with E-state index in [4.69, 9.17) is 21.1 Å². The van der Waals surface area contributed by atoms with Gasteiger partial charge in [0.1, 0.15) is 16.9 Å². The van der Waals surface area contributed by atoms with Gasteiger partial charge in [0.05, 0.1) is 5.02 Å². The van der Waals surface area contributed by atoms with Crippen molar-refractivity contribution in [2.45, 2.75) is 52.7 Å². The van der Waals surface area contributed by atoms with Gasteiger partial charge in [-0.15, -0.1) is 0 Å². The smallest absolute Gasteiger partial charge is 0.419 e. The molecule has 1 aromatic heterocycles. The van der Waals surface area contributed by atoms with E-state index in [0.29, 0.717) is 0 Å². The minimum atomic E-state index is -0.676. The van der Waals surface area contributed by atoms with Crippen LogP contribution in [0.2, 0.25) is 5.02 Å². The van der Waals surface area contributed by atoms with Gasteiger partial charge in [-0.25, -0.2) is 14.2 Å². The first-order chi connectivity index (χ1) is 8.89. The van der Waals surface area contributed by atoms with Crippen molar-refractivity contribution in [3.05, 3.63) is 23.0 Å². The fourth-order valence-electron chi connectivity index (χ4n) is 1.38. The molecule has 0 saturated heterocycles. The summed E-state index contributed by atoms with van der Waals surface area (Å²) < 4.78 is 11.5. The fourth-order valence-corrected chi connectivity index (χ4v) is 1.58. The van der Waals surface area contributed by atoms with Crippen LogP contribution in [0.5, 0.6) is 0 Å². The summed E-state index contributed by atoms with van der Waals surface area (Å²) in [6, 6.07) is 1.37. The molecule has 0 aliphatic rings. The van der Waals surface area contributed by atoms with Gasteiger partial charge in [0.15, 0.2) is 0 Å². The molecular formula is C14H20ClNO4. The number of rotatable bonds is 1. The number of halogens is 1. The van der Waals surface area contributed by atoms with E-state index in [-0.39, 0.29) is 10.7 Å². The predicted octanol–water partition coefficient (Wildman–Crippen LogP) is 3.88. The van der Waals surface area contributed by atoms with Gasteiger partial charge in [-0.05, 0) is 47.6 Å². The Bertz CT molecular complexity index is 475. The van der Waals surface area contributed by atoms with E-state index in [0.717, 1.165) is 4.57 Å². The topological polar surface area (TPSA) is 57.5 Å². The molecule has 0 atom stereocenters. The van der Waals surface area contributed by atoms with Crippen LogP contribution in [0.4, 0.5) is 4.79 Å². The molecule has 0 fully saturated rings. The summed E-state index contributed by atoms with van der Waals surface area (Å²) in [5.41, 5.74) is -1.29. The van der Waals surface area contributed by atoms with Crippen molar-refractivity contribution >= 4 is 23.7 Å². The van der Waals surface area contributed by atoms with Gasteiger partial charge in [-0.3, -0.25) is 0 Å². The van der Waals surface area contributed by atoms with Crippen LogP contribution in [0.15, 0.2) is 12.3 Å². The number of nitrogens with zero attached hydrogens (tertiary/aromatic N) is 1. The lowest BCUT2D eigenvalue weighted by Crippen LogP contribution is -2.30. The zero-order valence-electron chi connectivity index (χ0n) is 12.6. The Hall–Kier alpha value is -1.49. The van der Waals surface area contributed by atoms with E-state index in [2.05, 4.69) is 0 Å². The Labute approximate surface area is 123 Å². The molecule has 20 heavy (non-hydrogen) atoms. The van der Waals surface area contributed by atoms with Crippen LogP contribution in [-0.4, -0.2) is 27.8 Å². The molecule has 1 heterocycles. The fraction of sp³-hybridized carbons (Fsp3) is 0.571. The molecule has 1 aromatic rings. The Morgan fingerprint density at radius 2 is 1.55 bits per heavy atom. The second kappa shape index (κ2) is 5.48. The first-order valence-corrected chi connectivity index (χ1v) is 6.61. The third kappa shape index (κ3) is 4.89. The number of carbonyl (C=O) groups is 2. The van der Waals surface area contributed by atoms with Crippen molar-refractivity contribution in [3.63, 3.8) is 0 Å². The number of aromatic nitrogens is 1. The number of ether oxygens (including phenoxy) is 2. The minimum absolute atomic E-state index is 0.0409. The first kappa shape index (κ1) is 16.6. The molecule has 0 aliphatic carbocycles. The first-order valence-electron chi connectivity index (χ1n) is 6.24. The lowest BCUT2D eigenvalue weighted by molar-refractivity contribution is 0.00492. The normalized spacial score (nSPS) is 12.2. The SMILES string of the molecule is CC(C)(C)OC(=O)c1cc(Cl)cn1C(=O)OC(C)(C)C. The molecule has 6 heteroatoms. The number of hydrogen-bond donors (Lipinski definition) is 0. The van der Waals surface area contributed by atoms with Gasteiger partial charge in [-0.1, -0.05) is 11.6 Å². The lowest BCUT2D eigenvalue weighted by Gasteiger charge is -2.22. The predicted molar refractivity (Wildman–Crippen MR) is 76.2 cm³/mol. The summed E-state index contributed by atoms with van der Waals surface area (Å²) in [6.45, 7) is 10.4. The van der Waals surface area contributed by atoms with Crippen molar-refractivity contribution in [3.8, 4) is 0 Å². The van der Waals surface area contributed by atoms with E-state index in [1.54, 1.807) is 41.5 Å². The number of hydrogen-bond acceptors (Lipinski definition) is 4. The third-order valence-electron chi connectivity index (χ3n) is 1.98. The Kier molecular flexibility index (Phi) is 4.54. The number of esters is 1. The molecular weight excluding hydrogens is 282 g/mol. The van der Waals surface area contributed by atoms with Crippen molar-refractivity contribution < 1.29 is 19.1 Å². The highest BCUT2D eigenvalue weighted by molar-refractivity contribution is 6.31. The second-order valence-corrected chi connectivity index (χ2v) is 6.83. The highest BCUT2D eigenvalue weighted by atomic mass is 35.5. The molecule has 0 amide bonds. The average Bonchev–Trinajstić information content (AvgIpc) is 2.55.